The van der Waals surface area contributed by atoms with E-state index >= 15 is 0 Å². The number of allylic oxidation sites excluding steroid dienone is 1. The van der Waals surface area contributed by atoms with Gasteiger partial charge in [-0.25, -0.2) is 4.39 Å². The van der Waals surface area contributed by atoms with Crippen molar-refractivity contribution in [1.29, 1.82) is 0 Å². The van der Waals surface area contributed by atoms with Crippen molar-refractivity contribution in [2.24, 2.45) is 5.92 Å². The lowest BCUT2D eigenvalue weighted by Gasteiger charge is -2.10. The van der Waals surface area contributed by atoms with Crippen molar-refractivity contribution in [1.82, 2.24) is 30.0 Å². The first-order valence-corrected chi connectivity index (χ1v) is 14.7. The number of aromatic amines is 2. The average Bonchev–Trinajstić information content (AvgIpc) is 3.62. The summed E-state index contributed by atoms with van der Waals surface area (Å²) in [6.07, 6.45) is 11.5. The Bertz CT molecular complexity index is 1960. The molecule has 0 aliphatic heterocycles. The normalized spacial score (nSPS) is 13.3. The van der Waals surface area contributed by atoms with Gasteiger partial charge in [0.05, 0.1) is 34.8 Å². The maximum Gasteiger partial charge on any atom is 0.124 e. The van der Waals surface area contributed by atoms with Gasteiger partial charge in [0.2, 0.25) is 0 Å². The molecule has 2 aromatic carbocycles. The lowest BCUT2D eigenvalue weighted by Crippen LogP contribution is -2.13. The van der Waals surface area contributed by atoms with Crippen LogP contribution in [0.25, 0.3) is 55.4 Å². The van der Waals surface area contributed by atoms with Crippen LogP contribution in [0.4, 0.5) is 10.1 Å². The third kappa shape index (κ3) is 5.66. The zero-order chi connectivity index (χ0) is 29.5. The summed E-state index contributed by atoms with van der Waals surface area (Å²) in [6, 6.07) is 15.8. The van der Waals surface area contributed by atoms with Crippen molar-refractivity contribution in [2.45, 2.75) is 25.7 Å². The van der Waals surface area contributed by atoms with Crippen LogP contribution < -0.4 is 5.32 Å². The minimum atomic E-state index is -0.235. The molecule has 1 aliphatic rings. The molecule has 43 heavy (non-hydrogen) atoms. The summed E-state index contributed by atoms with van der Waals surface area (Å²) in [7, 11) is 4.10. The molecule has 7 rings (SSSR count). The Labute approximate surface area is 249 Å². The number of H-pyrrole nitrogens is 2. The van der Waals surface area contributed by atoms with Crippen molar-refractivity contribution < 1.29 is 4.39 Å². The molecule has 0 radical (unpaired) electrons. The number of nitrogens with one attached hydrogen (secondary N) is 3. The molecule has 8 heteroatoms. The van der Waals surface area contributed by atoms with E-state index in [1.807, 2.05) is 24.7 Å². The Kier molecular flexibility index (Phi) is 6.99. The monoisotopic (exact) mass is 571 g/mol. The van der Waals surface area contributed by atoms with Crippen LogP contribution in [0, 0.1) is 11.7 Å². The molecule has 0 bridgehead atoms. The van der Waals surface area contributed by atoms with E-state index < -0.39 is 0 Å². The fourth-order valence-corrected chi connectivity index (χ4v) is 5.74. The van der Waals surface area contributed by atoms with E-state index in [9.17, 15) is 4.39 Å². The van der Waals surface area contributed by atoms with E-state index in [1.54, 1.807) is 18.3 Å². The number of hydrogen-bond acceptors (Lipinski definition) is 5. The van der Waals surface area contributed by atoms with Gasteiger partial charge in [-0.3, -0.25) is 15.1 Å². The van der Waals surface area contributed by atoms with Crippen LogP contribution in [0.3, 0.4) is 0 Å². The first-order chi connectivity index (χ1) is 20.9. The number of anilines is 1. The predicted molar refractivity (Wildman–Crippen MR) is 172 cm³/mol. The first-order valence-electron chi connectivity index (χ1n) is 14.7. The standard InChI is InChI=1S/C35H34FN7/c1-21(23-6-7-23)39-28-14-26(17-37-18-28)24-8-9-32-30(15-24)35(42-41-32)33-16-29-31(19-38-20-34(29)40-33)25-11-22(12-27(36)13-25)5-4-10-43(2)3/h8-9,11-20,23,39-40H,1,4-7,10H2,2-3H3,(H,41,42). The van der Waals surface area contributed by atoms with Crippen LogP contribution in [-0.2, 0) is 6.42 Å². The Hall–Kier alpha value is -4.82. The van der Waals surface area contributed by atoms with Gasteiger partial charge in [-0.1, -0.05) is 18.7 Å². The predicted octanol–water partition coefficient (Wildman–Crippen LogP) is 7.80. The highest BCUT2D eigenvalue weighted by molar-refractivity contribution is 6.01. The Morgan fingerprint density at radius 1 is 0.930 bits per heavy atom. The summed E-state index contributed by atoms with van der Waals surface area (Å²) < 4.78 is 14.7. The molecule has 1 saturated carbocycles. The molecular formula is C35H34FN7. The minimum Gasteiger partial charge on any atom is -0.358 e. The van der Waals surface area contributed by atoms with Crippen LogP contribution in [0.5, 0.6) is 0 Å². The van der Waals surface area contributed by atoms with Crippen molar-refractivity contribution in [3.63, 3.8) is 0 Å². The largest absolute Gasteiger partial charge is 0.358 e. The van der Waals surface area contributed by atoms with Gasteiger partial charge in [0.15, 0.2) is 0 Å². The second-order valence-corrected chi connectivity index (χ2v) is 11.8. The summed E-state index contributed by atoms with van der Waals surface area (Å²) in [6.45, 7) is 5.14. The summed E-state index contributed by atoms with van der Waals surface area (Å²) in [5.41, 5.74) is 10.2. The summed E-state index contributed by atoms with van der Waals surface area (Å²) in [5.74, 6) is 0.332. The number of aryl methyl sites for hydroxylation is 1. The van der Waals surface area contributed by atoms with Gasteiger partial charge >= 0.3 is 0 Å². The van der Waals surface area contributed by atoms with Crippen LogP contribution in [0.15, 0.2) is 85.6 Å². The molecule has 0 atom stereocenters. The maximum absolute atomic E-state index is 14.7. The molecular weight excluding hydrogens is 537 g/mol. The van der Waals surface area contributed by atoms with Crippen LogP contribution in [0.2, 0.25) is 0 Å². The summed E-state index contributed by atoms with van der Waals surface area (Å²) in [4.78, 5) is 14.6. The average molecular weight is 572 g/mol. The fourth-order valence-electron chi connectivity index (χ4n) is 5.74. The fraction of sp³-hybridized carbons (Fsp3) is 0.229. The third-order valence-corrected chi connectivity index (χ3v) is 8.15. The second-order valence-electron chi connectivity index (χ2n) is 11.8. The molecule has 4 aromatic heterocycles. The van der Waals surface area contributed by atoms with E-state index in [0.29, 0.717) is 5.92 Å². The van der Waals surface area contributed by atoms with E-state index in [0.717, 1.165) is 91.8 Å². The molecule has 7 nitrogen and oxygen atoms in total. The van der Waals surface area contributed by atoms with Crippen LogP contribution >= 0.6 is 0 Å². The van der Waals surface area contributed by atoms with E-state index in [-0.39, 0.29) is 5.82 Å². The number of rotatable bonds is 10. The molecule has 1 aliphatic carbocycles. The Balaban J connectivity index is 1.23. The number of halogens is 1. The molecule has 6 aromatic rings. The second kappa shape index (κ2) is 11.1. The minimum absolute atomic E-state index is 0.235. The highest BCUT2D eigenvalue weighted by Crippen LogP contribution is 2.37. The lowest BCUT2D eigenvalue weighted by molar-refractivity contribution is 0.400. The van der Waals surface area contributed by atoms with Gasteiger partial charge in [-0.2, -0.15) is 5.10 Å². The molecule has 0 spiro atoms. The smallest absolute Gasteiger partial charge is 0.124 e. The van der Waals surface area contributed by atoms with Gasteiger partial charge in [-0.05, 0) is 105 Å². The number of nitrogens with zero attached hydrogens (tertiary/aromatic N) is 4. The van der Waals surface area contributed by atoms with Gasteiger partial charge < -0.3 is 15.2 Å². The van der Waals surface area contributed by atoms with Gasteiger partial charge in [0, 0.05) is 40.0 Å². The molecule has 1 fully saturated rings. The van der Waals surface area contributed by atoms with Crippen molar-refractivity contribution in [3.05, 3.63) is 97.0 Å². The number of hydrogen-bond donors (Lipinski definition) is 3. The van der Waals surface area contributed by atoms with Crippen LogP contribution in [-0.4, -0.2) is 50.7 Å². The number of benzene rings is 2. The van der Waals surface area contributed by atoms with Crippen LogP contribution in [0.1, 0.15) is 24.8 Å². The van der Waals surface area contributed by atoms with Gasteiger partial charge in [0.1, 0.15) is 11.5 Å². The summed E-state index contributed by atoms with van der Waals surface area (Å²) >= 11 is 0. The number of fused-ring (bicyclic) bond motifs is 2. The molecule has 216 valence electrons. The van der Waals surface area contributed by atoms with Gasteiger partial charge in [-0.15, -0.1) is 0 Å². The zero-order valence-electron chi connectivity index (χ0n) is 24.4. The quantitative estimate of drug-likeness (QED) is 0.156. The van der Waals surface area contributed by atoms with Crippen molar-refractivity contribution in [2.75, 3.05) is 26.0 Å². The zero-order valence-corrected chi connectivity index (χ0v) is 24.4. The first kappa shape index (κ1) is 27.0. The molecule has 3 N–H and O–H groups in total. The summed E-state index contributed by atoms with van der Waals surface area (Å²) in [5, 5.41) is 13.2. The van der Waals surface area contributed by atoms with E-state index in [4.69, 9.17) is 0 Å². The molecule has 0 amide bonds. The molecule has 0 saturated heterocycles. The molecule has 0 unspecified atom stereocenters. The topological polar surface area (TPSA) is 85.5 Å². The highest BCUT2D eigenvalue weighted by Gasteiger charge is 2.24. The maximum atomic E-state index is 14.7. The Morgan fingerprint density at radius 2 is 1.79 bits per heavy atom. The third-order valence-electron chi connectivity index (χ3n) is 8.15. The highest BCUT2D eigenvalue weighted by atomic mass is 19.1. The lowest BCUT2D eigenvalue weighted by atomic mass is 9.99. The number of aromatic nitrogens is 5. The van der Waals surface area contributed by atoms with E-state index in [1.165, 1.54) is 12.8 Å². The number of pyridine rings is 2. The van der Waals surface area contributed by atoms with Crippen molar-refractivity contribution in [3.8, 4) is 33.6 Å². The van der Waals surface area contributed by atoms with E-state index in [2.05, 4.69) is 86.4 Å². The molecule has 4 heterocycles. The van der Waals surface area contributed by atoms with Gasteiger partial charge in [0.25, 0.3) is 0 Å². The SMILES string of the molecule is C=C(Nc1cncc(-c2ccc3[nH]nc(-c4cc5c(-c6cc(F)cc(CCCN(C)C)c6)cncc5[nH]4)c3c2)c1)C1CC1. The Morgan fingerprint density at radius 3 is 2.63 bits per heavy atom. The van der Waals surface area contributed by atoms with Crippen molar-refractivity contribution >= 4 is 27.5 Å².